The maximum atomic E-state index is 12.1. The first-order valence-corrected chi connectivity index (χ1v) is 7.92. The predicted molar refractivity (Wildman–Crippen MR) is 78.8 cm³/mol. The standard InChI is InChI=1S/C14H20N2O2S/c1-9-6-13(17)12(8-15-9)14(18)16-10-4-3-5-11(7-10)19-2/h6,8,10-11H,3-5,7H2,1-2H3,(H,15,17)(H,16,18). The number of aryl methyl sites for hydroxylation is 1. The van der Waals surface area contributed by atoms with E-state index in [4.69, 9.17) is 0 Å². The quantitative estimate of drug-likeness (QED) is 0.891. The van der Waals surface area contributed by atoms with E-state index in [0.717, 1.165) is 25.0 Å². The molecule has 4 nitrogen and oxygen atoms in total. The van der Waals surface area contributed by atoms with Crippen LogP contribution >= 0.6 is 11.8 Å². The Labute approximate surface area is 117 Å². The molecule has 0 aromatic carbocycles. The van der Waals surface area contributed by atoms with Crippen molar-refractivity contribution in [3.05, 3.63) is 33.7 Å². The molecule has 0 aliphatic heterocycles. The van der Waals surface area contributed by atoms with Gasteiger partial charge in [-0.3, -0.25) is 9.59 Å². The van der Waals surface area contributed by atoms with E-state index in [1.54, 1.807) is 6.92 Å². The maximum absolute atomic E-state index is 12.1. The minimum Gasteiger partial charge on any atom is -0.364 e. The Balaban J connectivity index is 2.02. The zero-order chi connectivity index (χ0) is 13.8. The molecule has 2 rings (SSSR count). The lowest BCUT2D eigenvalue weighted by Crippen LogP contribution is -2.40. The number of carbonyl (C=O) groups is 1. The van der Waals surface area contributed by atoms with Gasteiger partial charge in [0.2, 0.25) is 0 Å². The maximum Gasteiger partial charge on any atom is 0.256 e. The van der Waals surface area contributed by atoms with Gasteiger partial charge in [-0.1, -0.05) is 6.42 Å². The van der Waals surface area contributed by atoms with E-state index in [-0.39, 0.29) is 22.9 Å². The summed E-state index contributed by atoms with van der Waals surface area (Å²) in [5.41, 5.74) is 0.754. The fourth-order valence-electron chi connectivity index (χ4n) is 2.50. The molecule has 1 heterocycles. The van der Waals surface area contributed by atoms with E-state index in [0.29, 0.717) is 5.25 Å². The number of hydrogen-bond donors (Lipinski definition) is 2. The molecule has 1 aromatic rings. The van der Waals surface area contributed by atoms with Crippen molar-refractivity contribution in [1.82, 2.24) is 10.3 Å². The zero-order valence-corrected chi connectivity index (χ0v) is 12.2. The first kappa shape index (κ1) is 14.2. The number of pyridine rings is 1. The Morgan fingerprint density at radius 3 is 2.95 bits per heavy atom. The number of rotatable bonds is 3. The molecule has 19 heavy (non-hydrogen) atoms. The predicted octanol–water partition coefficient (Wildman–Crippen LogP) is 2.09. The van der Waals surface area contributed by atoms with Crippen molar-refractivity contribution in [3.8, 4) is 0 Å². The van der Waals surface area contributed by atoms with Gasteiger partial charge in [-0.25, -0.2) is 0 Å². The summed E-state index contributed by atoms with van der Waals surface area (Å²) in [6.07, 6.45) is 7.98. The second-order valence-corrected chi connectivity index (χ2v) is 6.23. The first-order chi connectivity index (χ1) is 9.10. The lowest BCUT2D eigenvalue weighted by Gasteiger charge is -2.28. The van der Waals surface area contributed by atoms with Crippen LogP contribution in [0.4, 0.5) is 0 Å². The van der Waals surface area contributed by atoms with Gasteiger partial charge in [-0.15, -0.1) is 0 Å². The highest BCUT2D eigenvalue weighted by atomic mass is 32.2. The third-order valence-electron chi connectivity index (χ3n) is 3.60. The zero-order valence-electron chi connectivity index (χ0n) is 11.4. The van der Waals surface area contributed by atoms with Crippen LogP contribution in [0.5, 0.6) is 0 Å². The summed E-state index contributed by atoms with van der Waals surface area (Å²) in [6, 6.07) is 1.65. The van der Waals surface area contributed by atoms with E-state index >= 15 is 0 Å². The van der Waals surface area contributed by atoms with Gasteiger partial charge >= 0.3 is 0 Å². The highest BCUT2D eigenvalue weighted by molar-refractivity contribution is 7.99. The SMILES string of the molecule is CSC1CCCC(NC(=O)c2c[nH]c(C)cc2=O)C1. The Kier molecular flexibility index (Phi) is 4.69. The van der Waals surface area contributed by atoms with Crippen molar-refractivity contribution in [3.63, 3.8) is 0 Å². The molecule has 1 fully saturated rings. The molecule has 0 radical (unpaired) electrons. The molecule has 104 valence electrons. The number of aromatic amines is 1. The molecule has 1 amide bonds. The van der Waals surface area contributed by atoms with Crippen LogP contribution in [0.3, 0.4) is 0 Å². The highest BCUT2D eigenvalue weighted by Gasteiger charge is 2.23. The van der Waals surface area contributed by atoms with Gasteiger partial charge in [0.1, 0.15) is 5.56 Å². The minimum absolute atomic E-state index is 0.194. The largest absolute Gasteiger partial charge is 0.364 e. The van der Waals surface area contributed by atoms with Gasteiger partial charge in [0.05, 0.1) is 0 Å². The fraction of sp³-hybridized carbons (Fsp3) is 0.571. The van der Waals surface area contributed by atoms with E-state index in [2.05, 4.69) is 16.6 Å². The van der Waals surface area contributed by atoms with Crippen LogP contribution in [0.15, 0.2) is 17.1 Å². The number of amides is 1. The van der Waals surface area contributed by atoms with Gasteiger partial charge in [0, 0.05) is 29.2 Å². The van der Waals surface area contributed by atoms with E-state index < -0.39 is 0 Å². The smallest absolute Gasteiger partial charge is 0.256 e. The highest BCUT2D eigenvalue weighted by Crippen LogP contribution is 2.26. The van der Waals surface area contributed by atoms with Crippen LogP contribution in [0.25, 0.3) is 0 Å². The Hall–Kier alpha value is -1.23. The molecule has 0 saturated heterocycles. The summed E-state index contributed by atoms with van der Waals surface area (Å²) in [7, 11) is 0. The van der Waals surface area contributed by atoms with E-state index in [1.807, 2.05) is 11.8 Å². The van der Waals surface area contributed by atoms with Gasteiger partial charge in [-0.05, 0) is 32.4 Å². The van der Waals surface area contributed by atoms with Crippen molar-refractivity contribution >= 4 is 17.7 Å². The summed E-state index contributed by atoms with van der Waals surface area (Å²) >= 11 is 1.86. The van der Waals surface area contributed by atoms with Crippen molar-refractivity contribution in [2.45, 2.75) is 43.9 Å². The summed E-state index contributed by atoms with van der Waals surface area (Å²) in [5.74, 6) is -0.256. The van der Waals surface area contributed by atoms with E-state index in [1.165, 1.54) is 18.7 Å². The van der Waals surface area contributed by atoms with Crippen LogP contribution in [-0.4, -0.2) is 28.4 Å². The number of hydrogen-bond acceptors (Lipinski definition) is 3. The third-order valence-corrected chi connectivity index (χ3v) is 4.69. The van der Waals surface area contributed by atoms with Crippen LogP contribution in [0, 0.1) is 6.92 Å². The summed E-state index contributed by atoms with van der Waals surface area (Å²) in [5, 5.41) is 3.61. The number of aromatic nitrogens is 1. The van der Waals surface area contributed by atoms with Gasteiger partial charge < -0.3 is 10.3 Å². The Morgan fingerprint density at radius 1 is 1.47 bits per heavy atom. The summed E-state index contributed by atoms with van der Waals surface area (Å²) < 4.78 is 0. The van der Waals surface area contributed by atoms with Gasteiger partial charge in [0.25, 0.3) is 5.91 Å². The number of carbonyl (C=O) groups excluding carboxylic acids is 1. The monoisotopic (exact) mass is 280 g/mol. The summed E-state index contributed by atoms with van der Waals surface area (Å²) in [6.45, 7) is 1.80. The molecule has 1 aromatic heterocycles. The van der Waals surface area contributed by atoms with Crippen LogP contribution in [0.2, 0.25) is 0 Å². The average molecular weight is 280 g/mol. The Morgan fingerprint density at radius 2 is 2.26 bits per heavy atom. The number of nitrogens with one attached hydrogen (secondary N) is 2. The molecular weight excluding hydrogens is 260 g/mol. The minimum atomic E-state index is -0.256. The molecule has 1 aliphatic rings. The second kappa shape index (κ2) is 6.28. The Bertz CT molecular complexity index is 512. The molecule has 0 bridgehead atoms. The molecule has 0 spiro atoms. The van der Waals surface area contributed by atoms with Crippen molar-refractivity contribution in [2.24, 2.45) is 0 Å². The van der Waals surface area contributed by atoms with Crippen LogP contribution in [0.1, 0.15) is 41.7 Å². The molecule has 1 saturated carbocycles. The van der Waals surface area contributed by atoms with Crippen LogP contribution in [-0.2, 0) is 0 Å². The normalized spacial score (nSPS) is 23.1. The lowest BCUT2D eigenvalue weighted by molar-refractivity contribution is 0.0927. The molecule has 1 aliphatic carbocycles. The second-order valence-electron chi connectivity index (χ2n) is 5.09. The van der Waals surface area contributed by atoms with Crippen molar-refractivity contribution in [1.29, 1.82) is 0 Å². The molecule has 2 N–H and O–H groups in total. The topological polar surface area (TPSA) is 62.0 Å². The van der Waals surface area contributed by atoms with E-state index in [9.17, 15) is 9.59 Å². The van der Waals surface area contributed by atoms with Gasteiger partial charge in [-0.2, -0.15) is 11.8 Å². The van der Waals surface area contributed by atoms with Gasteiger partial charge in [0.15, 0.2) is 5.43 Å². The molecular formula is C14H20N2O2S. The fourth-order valence-corrected chi connectivity index (χ4v) is 3.33. The van der Waals surface area contributed by atoms with Crippen molar-refractivity contribution < 1.29 is 4.79 Å². The average Bonchev–Trinajstić information content (AvgIpc) is 2.38. The number of H-pyrrole nitrogens is 1. The third kappa shape index (κ3) is 3.62. The summed E-state index contributed by atoms with van der Waals surface area (Å²) in [4.78, 5) is 26.8. The molecule has 2 atom stereocenters. The lowest BCUT2D eigenvalue weighted by atomic mass is 9.94. The van der Waals surface area contributed by atoms with Crippen molar-refractivity contribution in [2.75, 3.05) is 6.26 Å². The molecule has 2 unspecified atom stereocenters. The van der Waals surface area contributed by atoms with Crippen LogP contribution < -0.4 is 10.7 Å². The first-order valence-electron chi connectivity index (χ1n) is 6.63. The number of thioether (sulfide) groups is 1. The molecule has 5 heteroatoms.